The molecule has 2 atom stereocenters. The number of carbonyl (C=O) groups is 2. The number of carboxylic acid groups (broad SMARTS) is 1. The fourth-order valence-corrected chi connectivity index (χ4v) is 4.49. The van der Waals surface area contributed by atoms with Gasteiger partial charge in [-0.05, 0) is 57.7 Å². The smallest absolute Gasteiger partial charge is 0.416 e. The van der Waals surface area contributed by atoms with Crippen LogP contribution in [0.5, 0.6) is 0 Å². The third kappa shape index (κ3) is 5.25. The second-order valence-corrected chi connectivity index (χ2v) is 8.82. The topological polar surface area (TPSA) is 66.8 Å². The minimum absolute atomic E-state index is 0.0135. The number of esters is 1. The standard InChI is InChI=1S/C25H30F3NO4/c1-5-6-7-14(2)33-24(32)21-16(4)29(19-12-13-19)15(3)20(23(30)31)22(21)17-8-10-18(11-9-17)25(26,27)28/h8-11,14,19,22H,5-7,12-13H2,1-4H3,(H,30,31). The van der Waals surface area contributed by atoms with Crippen LogP contribution in [0.1, 0.15) is 76.8 Å². The van der Waals surface area contributed by atoms with Gasteiger partial charge in [-0.15, -0.1) is 0 Å². The summed E-state index contributed by atoms with van der Waals surface area (Å²) in [6.45, 7) is 7.26. The molecule has 33 heavy (non-hydrogen) atoms. The zero-order valence-corrected chi connectivity index (χ0v) is 19.3. The van der Waals surface area contributed by atoms with Gasteiger partial charge in [0.15, 0.2) is 0 Å². The first-order valence-electron chi connectivity index (χ1n) is 11.3. The molecule has 0 aromatic heterocycles. The molecule has 0 spiro atoms. The molecule has 0 amide bonds. The predicted octanol–water partition coefficient (Wildman–Crippen LogP) is 6.02. The molecule has 8 heteroatoms. The fourth-order valence-electron chi connectivity index (χ4n) is 4.49. The number of carboxylic acids is 1. The van der Waals surface area contributed by atoms with Crippen molar-refractivity contribution in [2.45, 2.75) is 84.0 Å². The Morgan fingerprint density at radius 2 is 1.70 bits per heavy atom. The minimum atomic E-state index is -4.52. The van der Waals surface area contributed by atoms with Crippen molar-refractivity contribution in [2.24, 2.45) is 0 Å². The van der Waals surface area contributed by atoms with Gasteiger partial charge in [-0.25, -0.2) is 9.59 Å². The maximum Gasteiger partial charge on any atom is 0.416 e. The average molecular weight is 466 g/mol. The molecule has 1 fully saturated rings. The van der Waals surface area contributed by atoms with Crippen LogP contribution < -0.4 is 0 Å². The van der Waals surface area contributed by atoms with E-state index in [2.05, 4.69) is 0 Å². The van der Waals surface area contributed by atoms with Crippen LogP contribution in [0.25, 0.3) is 0 Å². The van der Waals surface area contributed by atoms with Crippen LogP contribution in [0.2, 0.25) is 0 Å². The van der Waals surface area contributed by atoms with Gasteiger partial charge < -0.3 is 14.7 Å². The monoisotopic (exact) mass is 465 g/mol. The van der Waals surface area contributed by atoms with Gasteiger partial charge in [0, 0.05) is 17.4 Å². The number of hydrogen-bond acceptors (Lipinski definition) is 4. The van der Waals surface area contributed by atoms with E-state index in [1.165, 1.54) is 12.1 Å². The number of benzene rings is 1. The zero-order chi connectivity index (χ0) is 24.5. The van der Waals surface area contributed by atoms with Gasteiger partial charge in [0.05, 0.1) is 28.7 Å². The van der Waals surface area contributed by atoms with Gasteiger partial charge in [-0.3, -0.25) is 0 Å². The van der Waals surface area contributed by atoms with E-state index in [1.807, 2.05) is 11.8 Å². The van der Waals surface area contributed by atoms with E-state index in [9.17, 15) is 27.9 Å². The van der Waals surface area contributed by atoms with Gasteiger partial charge in [0.25, 0.3) is 0 Å². The fraction of sp³-hybridized carbons (Fsp3) is 0.520. The lowest BCUT2D eigenvalue weighted by Gasteiger charge is -2.38. The van der Waals surface area contributed by atoms with Crippen molar-refractivity contribution < 1.29 is 32.6 Å². The molecule has 0 bridgehead atoms. The Morgan fingerprint density at radius 1 is 1.12 bits per heavy atom. The first kappa shape index (κ1) is 24.9. The highest BCUT2D eigenvalue weighted by atomic mass is 19.4. The lowest BCUT2D eigenvalue weighted by atomic mass is 9.79. The molecule has 180 valence electrons. The highest BCUT2D eigenvalue weighted by Gasteiger charge is 2.44. The molecule has 1 heterocycles. The lowest BCUT2D eigenvalue weighted by Crippen LogP contribution is -2.36. The summed E-state index contributed by atoms with van der Waals surface area (Å²) >= 11 is 0. The molecular weight excluding hydrogens is 435 g/mol. The van der Waals surface area contributed by atoms with Crippen molar-refractivity contribution in [2.75, 3.05) is 0 Å². The Hall–Kier alpha value is -2.77. The van der Waals surface area contributed by atoms with E-state index < -0.39 is 29.6 Å². The number of unbranched alkanes of at least 4 members (excludes halogenated alkanes) is 1. The lowest BCUT2D eigenvalue weighted by molar-refractivity contribution is -0.144. The van der Waals surface area contributed by atoms with E-state index >= 15 is 0 Å². The largest absolute Gasteiger partial charge is 0.478 e. The van der Waals surface area contributed by atoms with Gasteiger partial charge in [0.2, 0.25) is 0 Å². The number of aliphatic carboxylic acids is 1. The number of rotatable bonds is 8. The summed E-state index contributed by atoms with van der Waals surface area (Å²) in [5.41, 5.74) is 0.731. The van der Waals surface area contributed by atoms with Crippen LogP contribution in [0.15, 0.2) is 46.8 Å². The van der Waals surface area contributed by atoms with Crippen LogP contribution in [0, 0.1) is 0 Å². The molecular formula is C25H30F3NO4. The molecule has 1 saturated carbocycles. The molecule has 1 aliphatic carbocycles. The van der Waals surface area contributed by atoms with E-state index in [1.54, 1.807) is 20.8 Å². The molecule has 5 nitrogen and oxygen atoms in total. The summed E-state index contributed by atoms with van der Waals surface area (Å²) in [4.78, 5) is 27.6. The van der Waals surface area contributed by atoms with Crippen LogP contribution in [0.3, 0.4) is 0 Å². The molecule has 1 N–H and O–H groups in total. The van der Waals surface area contributed by atoms with Crippen molar-refractivity contribution in [3.8, 4) is 0 Å². The van der Waals surface area contributed by atoms with E-state index in [0.717, 1.165) is 37.8 Å². The van der Waals surface area contributed by atoms with E-state index in [-0.39, 0.29) is 23.3 Å². The normalized spacial score (nSPS) is 20.2. The Labute approximate surface area is 191 Å². The van der Waals surface area contributed by atoms with Crippen molar-refractivity contribution in [1.82, 2.24) is 4.90 Å². The zero-order valence-electron chi connectivity index (χ0n) is 19.3. The predicted molar refractivity (Wildman–Crippen MR) is 117 cm³/mol. The van der Waals surface area contributed by atoms with Crippen molar-refractivity contribution in [3.63, 3.8) is 0 Å². The maximum atomic E-state index is 13.4. The second-order valence-electron chi connectivity index (χ2n) is 8.82. The molecule has 3 rings (SSSR count). The number of allylic oxidation sites excluding steroid dienone is 2. The third-order valence-electron chi connectivity index (χ3n) is 6.29. The summed E-state index contributed by atoms with van der Waals surface area (Å²) in [5, 5.41) is 10.1. The molecule has 0 radical (unpaired) electrons. The van der Waals surface area contributed by atoms with Gasteiger partial charge in [-0.1, -0.05) is 31.9 Å². The van der Waals surface area contributed by atoms with Crippen LogP contribution >= 0.6 is 0 Å². The SMILES string of the molecule is CCCCC(C)OC(=O)C1=C(C)N(C2CC2)C(C)=C(C(=O)O)C1c1ccc(C(F)(F)F)cc1. The Morgan fingerprint density at radius 3 is 2.18 bits per heavy atom. The Kier molecular flexibility index (Phi) is 7.24. The number of ether oxygens (including phenoxy) is 1. The number of nitrogens with zero attached hydrogens (tertiary/aromatic N) is 1. The first-order valence-corrected chi connectivity index (χ1v) is 11.3. The quantitative estimate of drug-likeness (QED) is 0.476. The minimum Gasteiger partial charge on any atom is -0.478 e. The molecule has 2 unspecified atom stereocenters. The molecule has 2 aliphatic rings. The molecule has 1 aromatic carbocycles. The first-order chi connectivity index (χ1) is 15.5. The number of alkyl halides is 3. The molecule has 0 saturated heterocycles. The number of carbonyl (C=O) groups excluding carboxylic acids is 1. The number of halogens is 3. The Bertz CT molecular complexity index is 974. The van der Waals surface area contributed by atoms with E-state index in [4.69, 9.17) is 4.74 Å². The van der Waals surface area contributed by atoms with E-state index in [0.29, 0.717) is 23.4 Å². The van der Waals surface area contributed by atoms with Crippen molar-refractivity contribution in [3.05, 3.63) is 57.9 Å². The summed E-state index contributed by atoms with van der Waals surface area (Å²) in [6, 6.07) is 4.43. The second kappa shape index (κ2) is 9.61. The number of hydrogen-bond donors (Lipinski definition) is 1. The van der Waals surface area contributed by atoms with Crippen LogP contribution in [0.4, 0.5) is 13.2 Å². The van der Waals surface area contributed by atoms with Crippen LogP contribution in [-0.2, 0) is 20.5 Å². The third-order valence-corrected chi connectivity index (χ3v) is 6.29. The molecule has 1 aromatic rings. The molecule has 1 aliphatic heterocycles. The maximum absolute atomic E-state index is 13.4. The average Bonchev–Trinajstić information content (AvgIpc) is 3.55. The highest BCUT2D eigenvalue weighted by molar-refractivity contribution is 5.99. The van der Waals surface area contributed by atoms with Crippen molar-refractivity contribution >= 4 is 11.9 Å². The Balaban J connectivity index is 2.10. The van der Waals surface area contributed by atoms with Crippen LogP contribution in [-0.4, -0.2) is 34.1 Å². The van der Waals surface area contributed by atoms with Gasteiger partial charge in [-0.2, -0.15) is 13.2 Å². The van der Waals surface area contributed by atoms with Gasteiger partial charge >= 0.3 is 18.1 Å². The summed E-state index contributed by atoms with van der Waals surface area (Å²) < 4.78 is 45.0. The van der Waals surface area contributed by atoms with Crippen molar-refractivity contribution in [1.29, 1.82) is 0 Å². The highest BCUT2D eigenvalue weighted by Crippen LogP contribution is 2.47. The van der Waals surface area contributed by atoms with Gasteiger partial charge in [0.1, 0.15) is 0 Å². The summed E-state index contributed by atoms with van der Waals surface area (Å²) in [6.07, 6.45) is -0.630. The summed E-state index contributed by atoms with van der Waals surface area (Å²) in [7, 11) is 0. The summed E-state index contributed by atoms with van der Waals surface area (Å²) in [5.74, 6) is -2.86.